The zero-order chi connectivity index (χ0) is 21.6. The first-order valence-electron chi connectivity index (χ1n) is 8.59. The Balaban J connectivity index is 1.76. The van der Waals surface area contributed by atoms with Crippen molar-refractivity contribution in [3.8, 4) is 5.75 Å². The minimum absolute atomic E-state index is 0.0121. The number of carbonyl (C=O) groups is 2. The van der Waals surface area contributed by atoms with Gasteiger partial charge in [-0.2, -0.15) is 0 Å². The van der Waals surface area contributed by atoms with Gasteiger partial charge in [-0.1, -0.05) is 24.3 Å². The van der Waals surface area contributed by atoms with E-state index < -0.39 is 23.9 Å². The van der Waals surface area contributed by atoms with E-state index in [1.54, 1.807) is 42.5 Å². The highest BCUT2D eigenvalue weighted by Gasteiger charge is 2.31. The Morgan fingerprint density at radius 1 is 0.933 bits per heavy atom. The third kappa shape index (κ3) is 6.21. The number of anilines is 1. The van der Waals surface area contributed by atoms with Crippen LogP contribution in [-0.2, 0) is 4.79 Å². The SMILES string of the molecule is O=C(Nc1ccc(OC(F)(F)F)cc1)/C(=C\c1cccs1)NC(=O)c1ccccc1. The summed E-state index contributed by atoms with van der Waals surface area (Å²) in [6.45, 7) is 0. The van der Waals surface area contributed by atoms with Crippen molar-refractivity contribution in [2.75, 3.05) is 5.32 Å². The molecule has 3 rings (SSSR count). The van der Waals surface area contributed by atoms with Crippen LogP contribution in [0.3, 0.4) is 0 Å². The summed E-state index contributed by atoms with van der Waals surface area (Å²) in [7, 11) is 0. The number of thiophene rings is 1. The number of amides is 2. The van der Waals surface area contributed by atoms with Gasteiger partial charge in [0.25, 0.3) is 11.8 Å². The molecular formula is C21H15F3N2O3S. The fraction of sp³-hybridized carbons (Fsp3) is 0.0476. The maximum Gasteiger partial charge on any atom is 0.573 e. The number of nitrogens with one attached hydrogen (secondary N) is 2. The third-order valence-electron chi connectivity index (χ3n) is 3.70. The van der Waals surface area contributed by atoms with Gasteiger partial charge in [0, 0.05) is 16.1 Å². The van der Waals surface area contributed by atoms with Crippen LogP contribution in [0.1, 0.15) is 15.2 Å². The predicted octanol–water partition coefficient (Wildman–Crippen LogP) is 5.06. The maximum atomic E-state index is 12.7. The van der Waals surface area contributed by atoms with Crippen molar-refractivity contribution in [2.45, 2.75) is 6.36 Å². The highest BCUT2D eigenvalue weighted by molar-refractivity contribution is 7.10. The fourth-order valence-corrected chi connectivity index (χ4v) is 3.05. The second-order valence-corrected chi connectivity index (χ2v) is 6.90. The van der Waals surface area contributed by atoms with Crippen molar-refractivity contribution >= 4 is 34.9 Å². The van der Waals surface area contributed by atoms with Crippen LogP contribution in [0.4, 0.5) is 18.9 Å². The Bertz CT molecular complexity index is 1030. The molecule has 2 aromatic carbocycles. The molecule has 30 heavy (non-hydrogen) atoms. The van der Waals surface area contributed by atoms with E-state index in [0.29, 0.717) is 5.56 Å². The number of hydrogen-bond acceptors (Lipinski definition) is 4. The van der Waals surface area contributed by atoms with E-state index in [-0.39, 0.29) is 11.4 Å². The van der Waals surface area contributed by atoms with E-state index in [0.717, 1.165) is 17.0 Å². The quantitative estimate of drug-likeness (QED) is 0.536. The van der Waals surface area contributed by atoms with Crippen LogP contribution in [0, 0.1) is 0 Å². The summed E-state index contributed by atoms with van der Waals surface area (Å²) in [6.07, 6.45) is -3.29. The van der Waals surface area contributed by atoms with Gasteiger partial charge >= 0.3 is 6.36 Å². The van der Waals surface area contributed by atoms with Gasteiger partial charge in [0.15, 0.2) is 0 Å². The molecule has 3 aromatic rings. The Labute approximate surface area is 173 Å². The molecule has 2 amide bonds. The molecule has 1 heterocycles. The molecule has 0 radical (unpaired) electrons. The molecule has 0 bridgehead atoms. The van der Waals surface area contributed by atoms with E-state index in [1.807, 2.05) is 5.38 Å². The highest BCUT2D eigenvalue weighted by atomic mass is 32.1. The van der Waals surface area contributed by atoms with Gasteiger partial charge in [-0.05, 0) is 53.9 Å². The van der Waals surface area contributed by atoms with E-state index in [9.17, 15) is 22.8 Å². The van der Waals surface area contributed by atoms with E-state index in [1.165, 1.54) is 29.5 Å². The summed E-state index contributed by atoms with van der Waals surface area (Å²) in [5.74, 6) is -1.51. The standard InChI is InChI=1S/C21H15F3N2O3S/c22-21(23,24)29-16-10-8-15(9-11-16)25-20(28)18(13-17-7-4-12-30-17)26-19(27)14-5-2-1-3-6-14/h1-13H,(H,25,28)(H,26,27)/b18-13+. The Hall–Kier alpha value is -3.59. The largest absolute Gasteiger partial charge is 0.573 e. The number of halogens is 3. The lowest BCUT2D eigenvalue weighted by molar-refractivity contribution is -0.274. The first-order valence-corrected chi connectivity index (χ1v) is 9.47. The third-order valence-corrected chi connectivity index (χ3v) is 4.52. The van der Waals surface area contributed by atoms with Crippen LogP contribution >= 0.6 is 11.3 Å². The average molecular weight is 432 g/mol. The van der Waals surface area contributed by atoms with Gasteiger partial charge in [-0.15, -0.1) is 24.5 Å². The first kappa shape index (κ1) is 21.1. The Kier molecular flexibility index (Phi) is 6.53. The number of alkyl halides is 3. The molecule has 0 aliphatic carbocycles. The van der Waals surface area contributed by atoms with Crippen LogP contribution in [0.25, 0.3) is 6.08 Å². The minimum Gasteiger partial charge on any atom is -0.406 e. The topological polar surface area (TPSA) is 67.4 Å². The summed E-state index contributed by atoms with van der Waals surface area (Å²) >= 11 is 1.37. The van der Waals surface area contributed by atoms with Gasteiger partial charge in [0.2, 0.25) is 0 Å². The number of hydrogen-bond donors (Lipinski definition) is 2. The van der Waals surface area contributed by atoms with Gasteiger partial charge in [0.05, 0.1) is 0 Å². The first-order chi connectivity index (χ1) is 14.3. The summed E-state index contributed by atoms with van der Waals surface area (Å²) < 4.78 is 40.6. The summed E-state index contributed by atoms with van der Waals surface area (Å²) in [5, 5.41) is 6.94. The molecule has 0 spiro atoms. The highest BCUT2D eigenvalue weighted by Crippen LogP contribution is 2.24. The second-order valence-electron chi connectivity index (χ2n) is 5.92. The van der Waals surface area contributed by atoms with E-state index >= 15 is 0 Å². The number of ether oxygens (including phenoxy) is 1. The molecular weight excluding hydrogens is 417 g/mol. The number of benzene rings is 2. The second kappa shape index (κ2) is 9.27. The molecule has 0 fully saturated rings. The molecule has 0 atom stereocenters. The molecule has 1 aromatic heterocycles. The normalized spacial score (nSPS) is 11.6. The minimum atomic E-state index is -4.80. The van der Waals surface area contributed by atoms with Crippen molar-refractivity contribution in [1.29, 1.82) is 0 Å². The average Bonchev–Trinajstić information content (AvgIpc) is 3.21. The lowest BCUT2D eigenvalue weighted by Crippen LogP contribution is -2.30. The molecule has 0 saturated heterocycles. The maximum absolute atomic E-state index is 12.7. The number of rotatable bonds is 6. The zero-order valence-electron chi connectivity index (χ0n) is 15.3. The summed E-state index contributed by atoms with van der Waals surface area (Å²) in [6, 6.07) is 16.6. The molecule has 5 nitrogen and oxygen atoms in total. The smallest absolute Gasteiger partial charge is 0.406 e. The van der Waals surface area contributed by atoms with Crippen molar-refractivity contribution in [3.05, 3.63) is 88.2 Å². The van der Waals surface area contributed by atoms with Gasteiger partial charge in [-0.3, -0.25) is 9.59 Å². The lowest BCUT2D eigenvalue weighted by atomic mass is 10.2. The van der Waals surface area contributed by atoms with Gasteiger partial charge in [0.1, 0.15) is 11.4 Å². The number of carbonyl (C=O) groups excluding carboxylic acids is 2. The van der Waals surface area contributed by atoms with Crippen LogP contribution in [0.5, 0.6) is 5.75 Å². The van der Waals surface area contributed by atoms with Crippen LogP contribution in [0.2, 0.25) is 0 Å². The molecule has 2 N–H and O–H groups in total. The van der Waals surface area contributed by atoms with Crippen molar-refractivity contribution < 1.29 is 27.5 Å². The van der Waals surface area contributed by atoms with Crippen LogP contribution < -0.4 is 15.4 Å². The monoisotopic (exact) mass is 432 g/mol. The molecule has 0 aliphatic rings. The zero-order valence-corrected chi connectivity index (χ0v) is 16.1. The molecule has 0 aliphatic heterocycles. The molecule has 0 saturated carbocycles. The summed E-state index contributed by atoms with van der Waals surface area (Å²) in [4.78, 5) is 25.9. The summed E-state index contributed by atoms with van der Waals surface area (Å²) in [5.41, 5.74) is 0.596. The lowest BCUT2D eigenvalue weighted by Gasteiger charge is -2.12. The van der Waals surface area contributed by atoms with E-state index in [4.69, 9.17) is 0 Å². The Morgan fingerprint density at radius 3 is 2.23 bits per heavy atom. The van der Waals surface area contributed by atoms with Crippen molar-refractivity contribution in [1.82, 2.24) is 5.32 Å². The van der Waals surface area contributed by atoms with E-state index in [2.05, 4.69) is 15.4 Å². The van der Waals surface area contributed by atoms with Crippen molar-refractivity contribution in [2.24, 2.45) is 0 Å². The van der Waals surface area contributed by atoms with Crippen LogP contribution in [-0.4, -0.2) is 18.2 Å². The fourth-order valence-electron chi connectivity index (χ4n) is 2.40. The Morgan fingerprint density at radius 2 is 1.63 bits per heavy atom. The van der Waals surface area contributed by atoms with Crippen LogP contribution in [0.15, 0.2) is 77.8 Å². The van der Waals surface area contributed by atoms with Crippen molar-refractivity contribution in [3.63, 3.8) is 0 Å². The van der Waals surface area contributed by atoms with Gasteiger partial charge < -0.3 is 15.4 Å². The molecule has 154 valence electrons. The molecule has 9 heteroatoms. The molecule has 0 unspecified atom stereocenters. The van der Waals surface area contributed by atoms with Gasteiger partial charge in [-0.25, -0.2) is 0 Å². The predicted molar refractivity (Wildman–Crippen MR) is 108 cm³/mol.